The predicted molar refractivity (Wildman–Crippen MR) is 79.1 cm³/mol. The van der Waals surface area contributed by atoms with Crippen LogP contribution in [0, 0.1) is 18.8 Å². The molecule has 18 heavy (non-hydrogen) atoms. The number of nitrogens with zero attached hydrogens (tertiary/aromatic N) is 1. The molecule has 1 aromatic carbocycles. The van der Waals surface area contributed by atoms with E-state index < -0.39 is 0 Å². The maximum absolute atomic E-state index is 3.45. The molecule has 1 heterocycles. The van der Waals surface area contributed by atoms with Gasteiger partial charge in [0, 0.05) is 25.3 Å². The first-order valence-electron chi connectivity index (χ1n) is 7.17. The molecule has 1 saturated heterocycles. The summed E-state index contributed by atoms with van der Waals surface area (Å²) in [6, 6.07) is 6.86. The van der Waals surface area contributed by atoms with Crippen molar-refractivity contribution in [3.05, 3.63) is 29.3 Å². The van der Waals surface area contributed by atoms with Crippen LogP contribution in [-0.2, 0) is 6.54 Å². The zero-order valence-electron chi connectivity index (χ0n) is 12.2. The summed E-state index contributed by atoms with van der Waals surface area (Å²) in [7, 11) is 0. The van der Waals surface area contributed by atoms with Crippen LogP contribution >= 0.6 is 0 Å². The van der Waals surface area contributed by atoms with Gasteiger partial charge in [-0.25, -0.2) is 0 Å². The van der Waals surface area contributed by atoms with Crippen molar-refractivity contribution in [2.45, 2.75) is 34.2 Å². The van der Waals surface area contributed by atoms with Crippen LogP contribution < -0.4 is 10.2 Å². The van der Waals surface area contributed by atoms with Crippen LogP contribution in [-0.4, -0.2) is 19.6 Å². The van der Waals surface area contributed by atoms with Gasteiger partial charge in [-0.2, -0.15) is 0 Å². The Morgan fingerprint density at radius 2 is 1.89 bits per heavy atom. The Balaban J connectivity index is 2.21. The highest BCUT2D eigenvalue weighted by atomic mass is 15.2. The van der Waals surface area contributed by atoms with Crippen LogP contribution in [0.1, 0.15) is 31.9 Å². The van der Waals surface area contributed by atoms with Gasteiger partial charge >= 0.3 is 0 Å². The van der Waals surface area contributed by atoms with Gasteiger partial charge in [0.25, 0.3) is 0 Å². The number of hydrogen-bond donors (Lipinski definition) is 1. The van der Waals surface area contributed by atoms with E-state index in [9.17, 15) is 0 Å². The molecule has 2 heteroatoms. The molecule has 1 fully saturated rings. The zero-order valence-corrected chi connectivity index (χ0v) is 12.2. The third kappa shape index (κ3) is 2.86. The summed E-state index contributed by atoms with van der Waals surface area (Å²) in [5.74, 6) is 1.61. The molecule has 100 valence electrons. The first-order valence-corrected chi connectivity index (χ1v) is 7.17. The van der Waals surface area contributed by atoms with Crippen LogP contribution in [0.15, 0.2) is 18.2 Å². The highest BCUT2D eigenvalue weighted by Crippen LogP contribution is 2.30. The summed E-state index contributed by atoms with van der Waals surface area (Å²) < 4.78 is 0. The van der Waals surface area contributed by atoms with Gasteiger partial charge in [0.05, 0.1) is 0 Å². The fourth-order valence-electron chi connectivity index (χ4n) is 2.75. The van der Waals surface area contributed by atoms with E-state index in [1.54, 1.807) is 0 Å². The molecular formula is C16H26N2. The van der Waals surface area contributed by atoms with Crippen molar-refractivity contribution in [1.29, 1.82) is 0 Å². The van der Waals surface area contributed by atoms with E-state index in [0.29, 0.717) is 0 Å². The second-order valence-corrected chi connectivity index (χ2v) is 5.77. The van der Waals surface area contributed by atoms with Gasteiger partial charge in [0.2, 0.25) is 0 Å². The van der Waals surface area contributed by atoms with E-state index in [1.165, 1.54) is 29.9 Å². The standard InChI is InChI=1S/C16H26N2/c1-5-17-9-15-8-12(2)6-7-16(15)18-10-13(3)14(4)11-18/h6-8,13-14,17H,5,9-11H2,1-4H3. The molecule has 2 nitrogen and oxygen atoms in total. The van der Waals surface area contributed by atoms with E-state index in [0.717, 1.165) is 24.9 Å². The molecule has 1 N–H and O–H groups in total. The third-order valence-corrected chi connectivity index (χ3v) is 4.13. The van der Waals surface area contributed by atoms with Crippen molar-refractivity contribution in [3.8, 4) is 0 Å². The topological polar surface area (TPSA) is 15.3 Å². The van der Waals surface area contributed by atoms with Crippen LogP contribution in [0.3, 0.4) is 0 Å². The van der Waals surface area contributed by atoms with Crippen molar-refractivity contribution in [3.63, 3.8) is 0 Å². The van der Waals surface area contributed by atoms with Crippen LogP contribution in [0.25, 0.3) is 0 Å². The van der Waals surface area contributed by atoms with E-state index in [4.69, 9.17) is 0 Å². The Hall–Kier alpha value is -1.02. The van der Waals surface area contributed by atoms with Crippen molar-refractivity contribution < 1.29 is 0 Å². The summed E-state index contributed by atoms with van der Waals surface area (Å²) in [5.41, 5.74) is 4.22. The minimum absolute atomic E-state index is 0.804. The maximum atomic E-state index is 3.45. The van der Waals surface area contributed by atoms with Gasteiger partial charge in [0.1, 0.15) is 0 Å². The molecule has 1 aliphatic heterocycles. The average molecular weight is 246 g/mol. The van der Waals surface area contributed by atoms with Gasteiger partial charge in [-0.3, -0.25) is 0 Å². The van der Waals surface area contributed by atoms with Crippen LogP contribution in [0.5, 0.6) is 0 Å². The molecule has 0 spiro atoms. The van der Waals surface area contributed by atoms with Crippen LogP contribution in [0.4, 0.5) is 5.69 Å². The molecule has 0 amide bonds. The maximum Gasteiger partial charge on any atom is 0.0412 e. The van der Waals surface area contributed by atoms with Crippen molar-refractivity contribution >= 4 is 5.69 Å². The first kappa shape index (κ1) is 13.4. The van der Waals surface area contributed by atoms with E-state index in [2.05, 4.69) is 56.1 Å². The zero-order chi connectivity index (χ0) is 13.1. The Labute approximate surface area is 111 Å². The normalized spacial score (nSPS) is 23.7. The number of anilines is 1. The predicted octanol–water partition coefficient (Wildman–Crippen LogP) is 3.20. The smallest absolute Gasteiger partial charge is 0.0412 e. The Kier molecular flexibility index (Phi) is 4.28. The summed E-state index contributed by atoms with van der Waals surface area (Å²) in [6.07, 6.45) is 0. The summed E-state index contributed by atoms with van der Waals surface area (Å²) in [4.78, 5) is 2.56. The highest BCUT2D eigenvalue weighted by molar-refractivity contribution is 5.56. The van der Waals surface area contributed by atoms with Crippen LogP contribution in [0.2, 0.25) is 0 Å². The van der Waals surface area contributed by atoms with Crippen molar-refractivity contribution in [2.75, 3.05) is 24.5 Å². The lowest BCUT2D eigenvalue weighted by atomic mass is 10.0. The van der Waals surface area contributed by atoms with Gasteiger partial charge < -0.3 is 10.2 Å². The van der Waals surface area contributed by atoms with Gasteiger partial charge in [0.15, 0.2) is 0 Å². The second-order valence-electron chi connectivity index (χ2n) is 5.77. The number of hydrogen-bond acceptors (Lipinski definition) is 2. The number of rotatable bonds is 4. The molecule has 1 aliphatic rings. The lowest BCUT2D eigenvalue weighted by molar-refractivity contribution is 0.494. The minimum Gasteiger partial charge on any atom is -0.371 e. The van der Waals surface area contributed by atoms with E-state index in [1.807, 2.05) is 0 Å². The molecule has 0 saturated carbocycles. The van der Waals surface area contributed by atoms with E-state index >= 15 is 0 Å². The van der Waals surface area contributed by atoms with E-state index in [-0.39, 0.29) is 0 Å². The monoisotopic (exact) mass is 246 g/mol. The molecule has 2 unspecified atom stereocenters. The quantitative estimate of drug-likeness (QED) is 0.877. The molecule has 0 aliphatic carbocycles. The fourth-order valence-corrected chi connectivity index (χ4v) is 2.75. The largest absolute Gasteiger partial charge is 0.371 e. The molecule has 0 aromatic heterocycles. The molecule has 1 aromatic rings. The number of aryl methyl sites for hydroxylation is 1. The molecule has 0 bridgehead atoms. The summed E-state index contributed by atoms with van der Waals surface area (Å²) >= 11 is 0. The van der Waals surface area contributed by atoms with Gasteiger partial charge in [-0.15, -0.1) is 0 Å². The lowest BCUT2D eigenvalue weighted by Crippen LogP contribution is -2.23. The minimum atomic E-state index is 0.804. The number of nitrogens with one attached hydrogen (secondary N) is 1. The summed E-state index contributed by atoms with van der Waals surface area (Å²) in [6.45, 7) is 13.5. The van der Waals surface area contributed by atoms with Crippen molar-refractivity contribution in [2.24, 2.45) is 11.8 Å². The van der Waals surface area contributed by atoms with Crippen molar-refractivity contribution in [1.82, 2.24) is 5.32 Å². The Morgan fingerprint density at radius 1 is 1.22 bits per heavy atom. The molecular weight excluding hydrogens is 220 g/mol. The summed E-state index contributed by atoms with van der Waals surface area (Å²) in [5, 5.41) is 3.45. The first-order chi connectivity index (χ1) is 8.61. The number of benzene rings is 1. The molecule has 2 rings (SSSR count). The Bertz CT molecular complexity index is 390. The third-order valence-electron chi connectivity index (χ3n) is 4.13. The Morgan fingerprint density at radius 3 is 2.50 bits per heavy atom. The molecule has 0 radical (unpaired) electrons. The lowest BCUT2D eigenvalue weighted by Gasteiger charge is -2.22. The SMILES string of the molecule is CCNCc1cc(C)ccc1N1CC(C)C(C)C1. The second kappa shape index (κ2) is 5.75. The molecule has 2 atom stereocenters. The van der Waals surface area contributed by atoms with Gasteiger partial charge in [-0.05, 0) is 36.9 Å². The highest BCUT2D eigenvalue weighted by Gasteiger charge is 2.27. The average Bonchev–Trinajstić information content (AvgIpc) is 2.67. The van der Waals surface area contributed by atoms with Gasteiger partial charge in [-0.1, -0.05) is 38.5 Å². The fraction of sp³-hybridized carbons (Fsp3) is 0.625.